The molecule has 104 valence electrons. The van der Waals surface area contributed by atoms with E-state index in [0.717, 1.165) is 12.3 Å². The SMILES string of the molecule is CN(C)N=Cc1c(S(C)(=O)=O)ccc(C(=O)O)c1Cl. The van der Waals surface area contributed by atoms with Crippen LogP contribution >= 0.6 is 11.6 Å². The highest BCUT2D eigenvalue weighted by Crippen LogP contribution is 2.26. The lowest BCUT2D eigenvalue weighted by Crippen LogP contribution is -2.09. The fourth-order valence-corrected chi connectivity index (χ4v) is 2.58. The van der Waals surface area contributed by atoms with Crippen molar-refractivity contribution in [3.8, 4) is 0 Å². The Kier molecular flexibility index (Phi) is 4.54. The molecule has 0 aromatic heterocycles. The Morgan fingerprint density at radius 3 is 2.42 bits per heavy atom. The van der Waals surface area contributed by atoms with Gasteiger partial charge < -0.3 is 10.1 Å². The van der Waals surface area contributed by atoms with Crippen LogP contribution in [0.5, 0.6) is 0 Å². The molecule has 1 aromatic rings. The first-order valence-corrected chi connectivity index (χ1v) is 7.38. The number of benzene rings is 1. The molecular formula is C11H13ClN2O4S. The van der Waals surface area contributed by atoms with E-state index in [1.807, 2.05) is 0 Å². The number of halogens is 1. The zero-order valence-electron chi connectivity index (χ0n) is 10.6. The maximum absolute atomic E-state index is 11.7. The summed E-state index contributed by atoms with van der Waals surface area (Å²) in [5, 5.41) is 14.2. The van der Waals surface area contributed by atoms with Crippen LogP contribution < -0.4 is 0 Å². The van der Waals surface area contributed by atoms with Gasteiger partial charge in [-0.3, -0.25) is 0 Å². The van der Waals surface area contributed by atoms with E-state index in [-0.39, 0.29) is 21.0 Å². The first-order chi connectivity index (χ1) is 8.64. The van der Waals surface area contributed by atoms with Crippen LogP contribution in [0.4, 0.5) is 0 Å². The summed E-state index contributed by atoms with van der Waals surface area (Å²) in [5.41, 5.74) is -0.105. The summed E-state index contributed by atoms with van der Waals surface area (Å²) in [5.74, 6) is -1.23. The Balaban J connectivity index is 3.60. The second-order valence-corrected chi connectivity index (χ2v) is 6.37. The van der Waals surface area contributed by atoms with Crippen molar-refractivity contribution in [2.75, 3.05) is 20.4 Å². The summed E-state index contributed by atoms with van der Waals surface area (Å²) in [4.78, 5) is 10.9. The molecule has 0 unspecified atom stereocenters. The number of sulfone groups is 1. The molecule has 0 heterocycles. The van der Waals surface area contributed by atoms with Crippen LogP contribution in [-0.2, 0) is 9.84 Å². The molecule has 19 heavy (non-hydrogen) atoms. The lowest BCUT2D eigenvalue weighted by molar-refractivity contribution is 0.0697. The molecule has 6 nitrogen and oxygen atoms in total. The Hall–Kier alpha value is -1.60. The highest BCUT2D eigenvalue weighted by Gasteiger charge is 2.20. The van der Waals surface area contributed by atoms with Gasteiger partial charge in [-0.2, -0.15) is 5.10 Å². The van der Waals surface area contributed by atoms with E-state index < -0.39 is 15.8 Å². The van der Waals surface area contributed by atoms with Crippen LogP contribution in [0.25, 0.3) is 0 Å². The Bertz CT molecular complexity index is 638. The van der Waals surface area contributed by atoms with Crippen molar-refractivity contribution in [2.45, 2.75) is 4.90 Å². The van der Waals surface area contributed by atoms with Crippen molar-refractivity contribution >= 4 is 33.6 Å². The quantitative estimate of drug-likeness (QED) is 0.670. The van der Waals surface area contributed by atoms with Gasteiger partial charge in [-0.25, -0.2) is 13.2 Å². The first-order valence-electron chi connectivity index (χ1n) is 5.11. The topological polar surface area (TPSA) is 87.0 Å². The molecular weight excluding hydrogens is 292 g/mol. The molecule has 0 aliphatic heterocycles. The number of rotatable bonds is 4. The minimum atomic E-state index is -3.53. The second kappa shape index (κ2) is 5.58. The number of carbonyl (C=O) groups is 1. The Morgan fingerprint density at radius 1 is 1.42 bits per heavy atom. The smallest absolute Gasteiger partial charge is 0.337 e. The van der Waals surface area contributed by atoms with Gasteiger partial charge in [0.25, 0.3) is 0 Å². The molecule has 0 spiro atoms. The molecule has 0 atom stereocenters. The third-order valence-corrected chi connectivity index (χ3v) is 3.75. The second-order valence-electron chi connectivity index (χ2n) is 4.01. The van der Waals surface area contributed by atoms with Gasteiger partial charge in [-0.15, -0.1) is 0 Å². The van der Waals surface area contributed by atoms with Gasteiger partial charge in [-0.1, -0.05) is 11.6 Å². The van der Waals surface area contributed by atoms with E-state index in [1.54, 1.807) is 14.1 Å². The van der Waals surface area contributed by atoms with E-state index in [1.165, 1.54) is 17.3 Å². The van der Waals surface area contributed by atoms with E-state index in [9.17, 15) is 13.2 Å². The predicted octanol–water partition coefficient (Wildman–Crippen LogP) is 1.34. The van der Waals surface area contributed by atoms with Gasteiger partial charge in [-0.05, 0) is 12.1 Å². The third kappa shape index (κ3) is 3.68. The summed E-state index contributed by atoms with van der Waals surface area (Å²) < 4.78 is 23.3. The molecule has 0 radical (unpaired) electrons. The summed E-state index contributed by atoms with van der Waals surface area (Å²) >= 11 is 5.94. The highest BCUT2D eigenvalue weighted by atomic mass is 35.5. The molecule has 8 heteroatoms. The number of hydrazone groups is 1. The lowest BCUT2D eigenvalue weighted by atomic mass is 10.1. The van der Waals surface area contributed by atoms with Gasteiger partial charge in [0.2, 0.25) is 0 Å². The Labute approximate surface area is 116 Å². The van der Waals surface area contributed by atoms with Crippen molar-refractivity contribution in [3.05, 3.63) is 28.3 Å². The van der Waals surface area contributed by atoms with Gasteiger partial charge >= 0.3 is 5.97 Å². The summed E-state index contributed by atoms with van der Waals surface area (Å²) in [6.07, 6.45) is 2.25. The minimum Gasteiger partial charge on any atom is -0.478 e. The van der Waals surface area contributed by atoms with Crippen LogP contribution in [0.2, 0.25) is 5.02 Å². The van der Waals surface area contributed by atoms with Crippen LogP contribution in [-0.4, -0.2) is 51.1 Å². The van der Waals surface area contributed by atoms with E-state index in [2.05, 4.69) is 5.10 Å². The average molecular weight is 305 g/mol. The summed E-state index contributed by atoms with van der Waals surface area (Å²) in [6, 6.07) is 2.37. The van der Waals surface area contributed by atoms with E-state index >= 15 is 0 Å². The fraction of sp³-hybridized carbons (Fsp3) is 0.273. The van der Waals surface area contributed by atoms with Crippen molar-refractivity contribution < 1.29 is 18.3 Å². The van der Waals surface area contributed by atoms with Gasteiger partial charge in [0.1, 0.15) is 0 Å². The molecule has 1 aromatic carbocycles. The third-order valence-electron chi connectivity index (χ3n) is 2.19. The average Bonchev–Trinajstić information content (AvgIpc) is 2.24. The molecule has 1 rings (SSSR count). The molecule has 0 saturated heterocycles. The monoisotopic (exact) mass is 304 g/mol. The zero-order chi connectivity index (χ0) is 14.8. The largest absolute Gasteiger partial charge is 0.478 e. The van der Waals surface area contributed by atoms with Crippen LogP contribution in [0, 0.1) is 0 Å². The Morgan fingerprint density at radius 2 is 2.00 bits per heavy atom. The molecule has 0 fully saturated rings. The predicted molar refractivity (Wildman–Crippen MR) is 72.8 cm³/mol. The van der Waals surface area contributed by atoms with Crippen molar-refractivity contribution in [1.29, 1.82) is 0 Å². The summed E-state index contributed by atoms with van der Waals surface area (Å²) in [6.45, 7) is 0. The van der Waals surface area contributed by atoms with E-state index in [0.29, 0.717) is 0 Å². The number of nitrogens with zero attached hydrogens (tertiary/aromatic N) is 2. The van der Waals surface area contributed by atoms with Crippen molar-refractivity contribution in [2.24, 2.45) is 5.10 Å². The number of hydrogen-bond acceptors (Lipinski definition) is 5. The standard InChI is InChI=1S/C11H13ClN2O4S/c1-14(2)13-6-8-9(19(3,17)18)5-4-7(10(8)12)11(15)16/h4-6H,1-3H3,(H,15,16). The number of carboxylic acid groups (broad SMARTS) is 1. The zero-order valence-corrected chi connectivity index (χ0v) is 12.2. The number of carboxylic acids is 1. The van der Waals surface area contributed by atoms with E-state index in [4.69, 9.17) is 16.7 Å². The molecule has 0 aliphatic carbocycles. The molecule has 0 aliphatic rings. The molecule has 0 bridgehead atoms. The summed E-state index contributed by atoms with van der Waals surface area (Å²) in [7, 11) is -0.245. The first kappa shape index (κ1) is 15.5. The maximum atomic E-state index is 11.7. The number of hydrogen-bond donors (Lipinski definition) is 1. The minimum absolute atomic E-state index is 0.0619. The van der Waals surface area contributed by atoms with Crippen LogP contribution in [0.15, 0.2) is 22.1 Å². The van der Waals surface area contributed by atoms with Gasteiger partial charge in [0.15, 0.2) is 9.84 Å². The van der Waals surface area contributed by atoms with Crippen molar-refractivity contribution in [3.63, 3.8) is 0 Å². The van der Waals surface area contributed by atoms with Gasteiger partial charge in [0, 0.05) is 25.9 Å². The van der Waals surface area contributed by atoms with Gasteiger partial charge in [0.05, 0.1) is 21.7 Å². The molecule has 0 saturated carbocycles. The molecule has 1 N–H and O–H groups in total. The lowest BCUT2D eigenvalue weighted by Gasteiger charge is -2.10. The molecule has 0 amide bonds. The normalized spacial score (nSPS) is 11.8. The number of aromatic carboxylic acids is 1. The van der Waals surface area contributed by atoms with Crippen LogP contribution in [0.3, 0.4) is 0 Å². The van der Waals surface area contributed by atoms with Crippen LogP contribution in [0.1, 0.15) is 15.9 Å². The highest BCUT2D eigenvalue weighted by molar-refractivity contribution is 7.90. The van der Waals surface area contributed by atoms with Crippen molar-refractivity contribution in [1.82, 2.24) is 5.01 Å². The fourth-order valence-electron chi connectivity index (χ4n) is 1.36. The maximum Gasteiger partial charge on any atom is 0.337 e.